The van der Waals surface area contributed by atoms with Crippen LogP contribution in [0, 0.1) is 0 Å². The maximum Gasteiger partial charge on any atom is 0.349 e. The smallest absolute Gasteiger partial charge is 0.349 e. The molecule has 0 radical (unpaired) electrons. The molecular weight excluding hydrogens is 252 g/mol. The first-order valence-corrected chi connectivity index (χ1v) is 6.37. The van der Waals surface area contributed by atoms with Crippen LogP contribution < -0.4 is 4.74 Å². The lowest BCUT2D eigenvalue weighted by Gasteiger charge is -2.05. The molecule has 18 heavy (non-hydrogen) atoms. The maximum atomic E-state index is 11.1. The molecule has 0 spiro atoms. The third-order valence-corrected chi connectivity index (χ3v) is 3.83. The standard InChI is InChI=1S/C12H14N2O3S/c1-3-9-4-10(11(18-9)12(15)16)17-6-8-5-13-7-14(8)2/h4-5,7H,3,6H2,1-2H3,(H,15,16). The van der Waals surface area contributed by atoms with Gasteiger partial charge in [-0.25, -0.2) is 9.78 Å². The van der Waals surface area contributed by atoms with Crippen molar-refractivity contribution in [2.75, 3.05) is 0 Å². The lowest BCUT2D eigenvalue weighted by molar-refractivity contribution is 0.0697. The molecule has 0 aliphatic rings. The van der Waals surface area contributed by atoms with Gasteiger partial charge in [0.15, 0.2) is 4.88 Å². The SMILES string of the molecule is CCc1cc(OCc2cncn2C)c(C(=O)O)s1. The monoisotopic (exact) mass is 266 g/mol. The van der Waals surface area contributed by atoms with Crippen LogP contribution in [0.1, 0.15) is 27.2 Å². The summed E-state index contributed by atoms with van der Waals surface area (Å²) in [6.07, 6.45) is 4.19. The van der Waals surface area contributed by atoms with Gasteiger partial charge in [0.2, 0.25) is 0 Å². The Kier molecular flexibility index (Phi) is 3.66. The van der Waals surface area contributed by atoms with Crippen molar-refractivity contribution in [3.8, 4) is 5.75 Å². The van der Waals surface area contributed by atoms with Crippen molar-refractivity contribution in [3.63, 3.8) is 0 Å². The van der Waals surface area contributed by atoms with Crippen molar-refractivity contribution < 1.29 is 14.6 Å². The Bertz CT molecular complexity index is 559. The van der Waals surface area contributed by atoms with Gasteiger partial charge in [0, 0.05) is 11.9 Å². The van der Waals surface area contributed by atoms with Crippen LogP contribution in [-0.4, -0.2) is 20.6 Å². The lowest BCUT2D eigenvalue weighted by Crippen LogP contribution is -2.03. The van der Waals surface area contributed by atoms with Crippen LogP contribution in [-0.2, 0) is 20.1 Å². The second kappa shape index (κ2) is 5.22. The van der Waals surface area contributed by atoms with E-state index in [-0.39, 0.29) is 4.88 Å². The van der Waals surface area contributed by atoms with Gasteiger partial charge in [0.05, 0.1) is 18.2 Å². The van der Waals surface area contributed by atoms with E-state index in [4.69, 9.17) is 9.84 Å². The minimum absolute atomic E-state index is 0.258. The maximum absolute atomic E-state index is 11.1. The quantitative estimate of drug-likeness (QED) is 0.902. The summed E-state index contributed by atoms with van der Waals surface area (Å²) in [4.78, 5) is 16.3. The van der Waals surface area contributed by atoms with Crippen LogP contribution in [0.3, 0.4) is 0 Å². The molecule has 0 unspecified atom stereocenters. The molecule has 0 atom stereocenters. The number of thiophene rings is 1. The third-order valence-electron chi connectivity index (χ3n) is 2.58. The van der Waals surface area contributed by atoms with E-state index in [1.807, 2.05) is 18.5 Å². The molecule has 0 saturated heterocycles. The number of rotatable bonds is 5. The molecule has 1 N–H and O–H groups in total. The van der Waals surface area contributed by atoms with Crippen LogP contribution in [0.5, 0.6) is 5.75 Å². The molecule has 0 aromatic carbocycles. The van der Waals surface area contributed by atoms with Crippen LogP contribution >= 0.6 is 11.3 Å². The van der Waals surface area contributed by atoms with Crippen LogP contribution in [0.15, 0.2) is 18.6 Å². The molecule has 0 amide bonds. The Morgan fingerprint density at radius 1 is 1.61 bits per heavy atom. The fourth-order valence-corrected chi connectivity index (χ4v) is 2.41. The highest BCUT2D eigenvalue weighted by atomic mass is 32.1. The Labute approximate surface area is 109 Å². The number of imidazole rings is 1. The predicted molar refractivity (Wildman–Crippen MR) is 68.2 cm³/mol. The van der Waals surface area contributed by atoms with Gasteiger partial charge >= 0.3 is 5.97 Å². The number of hydrogen-bond acceptors (Lipinski definition) is 4. The van der Waals surface area contributed by atoms with Gasteiger partial charge in [-0.1, -0.05) is 6.92 Å². The van der Waals surface area contributed by atoms with E-state index in [0.29, 0.717) is 12.4 Å². The molecule has 0 aliphatic carbocycles. The highest BCUT2D eigenvalue weighted by molar-refractivity contribution is 7.14. The summed E-state index contributed by atoms with van der Waals surface area (Å²) in [5.74, 6) is -0.509. The molecule has 2 heterocycles. The molecule has 0 bridgehead atoms. The van der Waals surface area contributed by atoms with Crippen molar-refractivity contribution in [1.29, 1.82) is 0 Å². The molecule has 0 aliphatic heterocycles. The summed E-state index contributed by atoms with van der Waals surface area (Å²) in [7, 11) is 1.87. The van der Waals surface area contributed by atoms with E-state index in [1.165, 1.54) is 11.3 Å². The number of carboxylic acids is 1. The van der Waals surface area contributed by atoms with E-state index < -0.39 is 5.97 Å². The summed E-state index contributed by atoms with van der Waals surface area (Å²) in [6.45, 7) is 2.30. The third kappa shape index (κ3) is 2.53. The van der Waals surface area contributed by atoms with Crippen LogP contribution in [0.25, 0.3) is 0 Å². The van der Waals surface area contributed by atoms with Gasteiger partial charge in [-0.15, -0.1) is 11.3 Å². The van der Waals surface area contributed by atoms with E-state index in [9.17, 15) is 4.79 Å². The van der Waals surface area contributed by atoms with Crippen LogP contribution in [0.4, 0.5) is 0 Å². The van der Waals surface area contributed by atoms with Gasteiger partial charge in [-0.05, 0) is 12.5 Å². The first kappa shape index (κ1) is 12.6. The van der Waals surface area contributed by atoms with Gasteiger partial charge in [-0.3, -0.25) is 0 Å². The molecule has 6 heteroatoms. The van der Waals surface area contributed by atoms with Crippen molar-refractivity contribution >= 4 is 17.3 Å². The number of nitrogens with zero attached hydrogens (tertiary/aromatic N) is 2. The largest absolute Gasteiger partial charge is 0.486 e. The second-order valence-corrected chi connectivity index (χ2v) is 4.99. The summed E-state index contributed by atoms with van der Waals surface area (Å²) in [5, 5.41) is 9.10. The Hall–Kier alpha value is -1.82. The van der Waals surface area contributed by atoms with Gasteiger partial charge in [0.1, 0.15) is 12.4 Å². The summed E-state index contributed by atoms with van der Waals surface area (Å²) in [5.41, 5.74) is 0.899. The first-order valence-electron chi connectivity index (χ1n) is 5.55. The minimum Gasteiger partial charge on any atom is -0.486 e. The highest BCUT2D eigenvalue weighted by Crippen LogP contribution is 2.30. The van der Waals surface area contributed by atoms with E-state index >= 15 is 0 Å². The fraction of sp³-hybridized carbons (Fsp3) is 0.333. The van der Waals surface area contributed by atoms with Gasteiger partial charge in [0.25, 0.3) is 0 Å². The zero-order valence-electron chi connectivity index (χ0n) is 10.2. The van der Waals surface area contributed by atoms with Gasteiger partial charge in [-0.2, -0.15) is 0 Å². The molecule has 2 aromatic heterocycles. The lowest BCUT2D eigenvalue weighted by atomic mass is 10.3. The minimum atomic E-state index is -0.945. The van der Waals surface area contributed by atoms with E-state index in [1.54, 1.807) is 18.6 Å². The molecular formula is C12H14N2O3S. The van der Waals surface area contributed by atoms with Crippen LogP contribution in [0.2, 0.25) is 0 Å². The van der Waals surface area contributed by atoms with Crippen molar-refractivity contribution in [2.45, 2.75) is 20.0 Å². The number of ether oxygens (including phenoxy) is 1. The van der Waals surface area contributed by atoms with Gasteiger partial charge < -0.3 is 14.4 Å². The number of carboxylic acid groups (broad SMARTS) is 1. The van der Waals surface area contributed by atoms with E-state index in [0.717, 1.165) is 17.0 Å². The molecule has 0 fully saturated rings. The van der Waals surface area contributed by atoms with Crippen molar-refractivity contribution in [1.82, 2.24) is 9.55 Å². The normalized spacial score (nSPS) is 10.6. The average Bonchev–Trinajstić information content (AvgIpc) is 2.92. The molecule has 5 nitrogen and oxygen atoms in total. The number of carbonyl (C=O) groups is 1. The Morgan fingerprint density at radius 2 is 2.39 bits per heavy atom. The predicted octanol–water partition coefficient (Wildman–Crippen LogP) is 2.32. The molecule has 0 saturated carbocycles. The molecule has 2 rings (SSSR count). The van der Waals surface area contributed by atoms with E-state index in [2.05, 4.69) is 4.98 Å². The average molecular weight is 266 g/mol. The summed E-state index contributed by atoms with van der Waals surface area (Å²) >= 11 is 1.26. The first-order chi connectivity index (χ1) is 8.61. The number of aromatic nitrogens is 2. The topological polar surface area (TPSA) is 64.4 Å². The molecule has 2 aromatic rings. The zero-order valence-corrected chi connectivity index (χ0v) is 11.0. The Morgan fingerprint density at radius 3 is 2.94 bits per heavy atom. The highest BCUT2D eigenvalue weighted by Gasteiger charge is 2.16. The van der Waals surface area contributed by atoms with Crippen molar-refractivity contribution in [2.24, 2.45) is 7.05 Å². The second-order valence-electron chi connectivity index (χ2n) is 3.85. The number of aromatic carboxylic acids is 1. The van der Waals surface area contributed by atoms with Crippen molar-refractivity contribution in [3.05, 3.63) is 34.0 Å². The Balaban J connectivity index is 2.16. The zero-order chi connectivity index (χ0) is 13.1. The number of hydrogen-bond donors (Lipinski definition) is 1. The molecule has 96 valence electrons. The number of aryl methyl sites for hydroxylation is 2. The fourth-order valence-electron chi connectivity index (χ4n) is 1.53. The summed E-state index contributed by atoms with van der Waals surface area (Å²) in [6, 6.07) is 1.80. The summed E-state index contributed by atoms with van der Waals surface area (Å²) < 4.78 is 7.42.